The number of fused-ring (bicyclic) bond motifs is 1. The van der Waals surface area contributed by atoms with Gasteiger partial charge >= 0.3 is 5.97 Å². The van der Waals surface area contributed by atoms with E-state index < -0.39 is 0 Å². The molecular formula is C9H14O3. The van der Waals surface area contributed by atoms with Gasteiger partial charge in [-0.15, -0.1) is 0 Å². The lowest BCUT2D eigenvalue weighted by Crippen LogP contribution is -2.27. The fourth-order valence-electron chi connectivity index (χ4n) is 2.26. The van der Waals surface area contributed by atoms with Crippen LogP contribution in [-0.4, -0.2) is 24.8 Å². The molecule has 12 heavy (non-hydrogen) atoms. The smallest absolute Gasteiger partial charge is 0.302 e. The van der Waals surface area contributed by atoms with Gasteiger partial charge in [-0.3, -0.25) is 4.79 Å². The zero-order valence-electron chi connectivity index (χ0n) is 7.29. The quantitative estimate of drug-likeness (QED) is 0.553. The van der Waals surface area contributed by atoms with E-state index in [2.05, 4.69) is 0 Å². The minimum Gasteiger partial charge on any atom is -0.460 e. The molecule has 68 valence electrons. The Morgan fingerprint density at radius 1 is 1.42 bits per heavy atom. The second kappa shape index (κ2) is 3.05. The highest BCUT2D eigenvalue weighted by atomic mass is 16.6. The molecule has 3 nitrogen and oxygen atoms in total. The van der Waals surface area contributed by atoms with Crippen LogP contribution in [0.25, 0.3) is 0 Å². The van der Waals surface area contributed by atoms with E-state index in [1.165, 1.54) is 6.92 Å². The van der Waals surface area contributed by atoms with Crippen molar-refractivity contribution < 1.29 is 14.3 Å². The Hall–Kier alpha value is -0.570. The lowest BCUT2D eigenvalue weighted by molar-refractivity contribution is -0.151. The Labute approximate surface area is 72.0 Å². The van der Waals surface area contributed by atoms with Crippen LogP contribution in [0.15, 0.2) is 0 Å². The second-order valence-electron chi connectivity index (χ2n) is 3.61. The van der Waals surface area contributed by atoms with Gasteiger partial charge in [-0.2, -0.15) is 0 Å². The molecule has 0 radical (unpaired) electrons. The van der Waals surface area contributed by atoms with Crippen LogP contribution < -0.4 is 0 Å². The molecule has 0 spiro atoms. The molecular weight excluding hydrogens is 156 g/mol. The number of hydrogen-bond acceptors (Lipinski definition) is 3. The Morgan fingerprint density at radius 3 is 3.00 bits per heavy atom. The highest BCUT2D eigenvalue weighted by molar-refractivity contribution is 5.66. The van der Waals surface area contributed by atoms with E-state index in [-0.39, 0.29) is 18.2 Å². The minimum atomic E-state index is -0.184. The summed E-state index contributed by atoms with van der Waals surface area (Å²) in [6.45, 7) is 2.30. The van der Waals surface area contributed by atoms with E-state index in [0.29, 0.717) is 5.92 Å². The molecule has 0 bridgehead atoms. The van der Waals surface area contributed by atoms with Crippen LogP contribution in [0.2, 0.25) is 0 Å². The van der Waals surface area contributed by atoms with E-state index in [4.69, 9.17) is 9.47 Å². The summed E-state index contributed by atoms with van der Waals surface area (Å²) in [5.41, 5.74) is 0. The lowest BCUT2D eigenvalue weighted by atomic mass is 10.1. The Balaban J connectivity index is 1.95. The van der Waals surface area contributed by atoms with Crippen molar-refractivity contribution in [3.8, 4) is 0 Å². The summed E-state index contributed by atoms with van der Waals surface area (Å²) >= 11 is 0. The van der Waals surface area contributed by atoms with Crippen molar-refractivity contribution in [3.63, 3.8) is 0 Å². The number of hydrogen-bond donors (Lipinski definition) is 0. The van der Waals surface area contributed by atoms with Gasteiger partial charge in [0.2, 0.25) is 0 Å². The molecule has 0 aromatic rings. The maximum atomic E-state index is 10.7. The van der Waals surface area contributed by atoms with Gasteiger partial charge in [0, 0.05) is 13.5 Å². The molecule has 0 N–H and O–H groups in total. The fourth-order valence-corrected chi connectivity index (χ4v) is 2.26. The summed E-state index contributed by atoms with van der Waals surface area (Å²) in [5, 5.41) is 0. The summed E-state index contributed by atoms with van der Waals surface area (Å²) in [4.78, 5) is 10.7. The zero-order valence-corrected chi connectivity index (χ0v) is 7.29. The third-order valence-corrected chi connectivity index (χ3v) is 2.77. The summed E-state index contributed by atoms with van der Waals surface area (Å²) in [5.74, 6) is 0.463. The van der Waals surface area contributed by atoms with Crippen LogP contribution in [0.5, 0.6) is 0 Å². The number of carbonyl (C=O) groups is 1. The van der Waals surface area contributed by atoms with Gasteiger partial charge < -0.3 is 9.47 Å². The predicted molar refractivity (Wildman–Crippen MR) is 42.6 cm³/mol. The zero-order chi connectivity index (χ0) is 8.55. The summed E-state index contributed by atoms with van der Waals surface area (Å²) < 4.78 is 10.7. The van der Waals surface area contributed by atoms with Gasteiger partial charge in [-0.1, -0.05) is 0 Å². The first-order chi connectivity index (χ1) is 5.77. The maximum Gasteiger partial charge on any atom is 0.302 e. The Bertz CT molecular complexity index is 190. The van der Waals surface area contributed by atoms with E-state index in [9.17, 15) is 4.79 Å². The monoisotopic (exact) mass is 170 g/mol. The molecule has 3 heteroatoms. The third kappa shape index (κ3) is 1.33. The van der Waals surface area contributed by atoms with Crippen molar-refractivity contribution in [3.05, 3.63) is 0 Å². The van der Waals surface area contributed by atoms with Gasteiger partial charge in [0.1, 0.15) is 6.10 Å². The summed E-state index contributed by atoms with van der Waals surface area (Å²) in [7, 11) is 0. The topological polar surface area (TPSA) is 35.5 Å². The lowest BCUT2D eigenvalue weighted by Gasteiger charge is -2.17. The van der Waals surface area contributed by atoms with Gasteiger partial charge in [0.05, 0.1) is 6.10 Å². The van der Waals surface area contributed by atoms with Gasteiger partial charge in [-0.05, 0) is 25.2 Å². The van der Waals surface area contributed by atoms with Crippen LogP contribution >= 0.6 is 0 Å². The average molecular weight is 170 g/mol. The molecule has 2 rings (SSSR count). The molecule has 1 aliphatic carbocycles. The third-order valence-electron chi connectivity index (χ3n) is 2.77. The van der Waals surface area contributed by atoms with Gasteiger partial charge in [0.15, 0.2) is 0 Å². The van der Waals surface area contributed by atoms with Crippen molar-refractivity contribution in [2.24, 2.45) is 5.92 Å². The van der Waals surface area contributed by atoms with E-state index in [1.807, 2.05) is 0 Å². The molecule has 3 atom stereocenters. The van der Waals surface area contributed by atoms with Crippen LogP contribution in [0.4, 0.5) is 0 Å². The maximum absolute atomic E-state index is 10.7. The normalized spacial score (nSPS) is 39.6. The number of ether oxygens (including phenoxy) is 2. The molecule has 0 amide bonds. The van der Waals surface area contributed by atoms with Crippen molar-refractivity contribution in [2.75, 3.05) is 6.61 Å². The van der Waals surface area contributed by atoms with Crippen LogP contribution in [0.3, 0.4) is 0 Å². The molecule has 0 aromatic heterocycles. The SMILES string of the molecule is CC(=O)O[C@@H]1CC[C@@H]2CCO[C@@H]21. The van der Waals surface area contributed by atoms with Crippen molar-refractivity contribution in [1.29, 1.82) is 0 Å². The van der Waals surface area contributed by atoms with Crippen LogP contribution in [0.1, 0.15) is 26.2 Å². The summed E-state index contributed by atoms with van der Waals surface area (Å²) in [6, 6.07) is 0. The first-order valence-electron chi connectivity index (χ1n) is 4.56. The highest BCUT2D eigenvalue weighted by Gasteiger charge is 2.42. The van der Waals surface area contributed by atoms with Crippen LogP contribution in [0, 0.1) is 5.92 Å². The molecule has 2 fully saturated rings. The van der Waals surface area contributed by atoms with Gasteiger partial charge in [0.25, 0.3) is 0 Å². The molecule has 1 saturated carbocycles. The first-order valence-corrected chi connectivity index (χ1v) is 4.56. The standard InChI is InChI=1S/C9H14O3/c1-6(10)12-8-3-2-7-4-5-11-9(7)8/h7-9H,2-5H2,1H3/t7-,8-,9+/m1/s1. The van der Waals surface area contributed by atoms with Crippen molar-refractivity contribution in [2.45, 2.75) is 38.4 Å². The fraction of sp³-hybridized carbons (Fsp3) is 0.889. The van der Waals surface area contributed by atoms with E-state index in [0.717, 1.165) is 25.9 Å². The number of carbonyl (C=O) groups excluding carboxylic acids is 1. The molecule has 0 aromatic carbocycles. The highest BCUT2D eigenvalue weighted by Crippen LogP contribution is 2.37. The molecule has 1 heterocycles. The first kappa shape index (κ1) is 8.05. The molecule has 1 saturated heterocycles. The van der Waals surface area contributed by atoms with E-state index >= 15 is 0 Å². The number of esters is 1. The number of rotatable bonds is 1. The minimum absolute atomic E-state index is 0.0370. The van der Waals surface area contributed by atoms with Crippen molar-refractivity contribution >= 4 is 5.97 Å². The van der Waals surface area contributed by atoms with E-state index in [1.54, 1.807) is 0 Å². The van der Waals surface area contributed by atoms with Crippen molar-refractivity contribution in [1.82, 2.24) is 0 Å². The second-order valence-corrected chi connectivity index (χ2v) is 3.61. The Kier molecular flexibility index (Phi) is 2.05. The predicted octanol–water partition coefficient (Wildman–Crippen LogP) is 1.12. The molecule has 1 aliphatic heterocycles. The molecule has 0 unspecified atom stereocenters. The molecule has 2 aliphatic rings. The average Bonchev–Trinajstić information content (AvgIpc) is 2.52. The summed E-state index contributed by atoms with van der Waals surface area (Å²) in [6.07, 6.45) is 3.52. The largest absolute Gasteiger partial charge is 0.460 e. The van der Waals surface area contributed by atoms with Crippen LogP contribution in [-0.2, 0) is 14.3 Å². The van der Waals surface area contributed by atoms with Gasteiger partial charge in [-0.25, -0.2) is 0 Å². The Morgan fingerprint density at radius 2 is 2.25 bits per heavy atom.